The standard InChI is InChI=1S/C21H20ClNO5/c1-2-28-16-9-5-13(6-10-16)18-17(20(26)21(27)23(18)11-12-24)19(25)14-3-7-15(22)8-4-14/h3-10,18,24-25H,2,11-12H2,1H3/b19-17+. The van der Waals surface area contributed by atoms with E-state index >= 15 is 0 Å². The first-order valence-corrected chi connectivity index (χ1v) is 9.23. The molecule has 0 aliphatic carbocycles. The number of rotatable bonds is 6. The Morgan fingerprint density at radius 1 is 1.11 bits per heavy atom. The normalized spacial score (nSPS) is 18.5. The number of β-amino-alcohol motifs (C(OH)–C–C–N with tert-alkyl or cyclic N) is 1. The lowest BCUT2D eigenvalue weighted by Gasteiger charge is -2.24. The molecule has 3 rings (SSSR count). The summed E-state index contributed by atoms with van der Waals surface area (Å²) in [7, 11) is 0. The zero-order chi connectivity index (χ0) is 20.3. The minimum absolute atomic E-state index is 0.0232. The second-order valence-electron chi connectivity index (χ2n) is 6.23. The number of hydrogen-bond acceptors (Lipinski definition) is 5. The summed E-state index contributed by atoms with van der Waals surface area (Å²) in [5, 5.41) is 20.7. The third kappa shape index (κ3) is 3.74. The van der Waals surface area contributed by atoms with Gasteiger partial charge in [0.25, 0.3) is 11.7 Å². The van der Waals surface area contributed by atoms with Crippen molar-refractivity contribution in [2.45, 2.75) is 13.0 Å². The number of carbonyl (C=O) groups is 2. The minimum atomic E-state index is -0.807. The van der Waals surface area contributed by atoms with Gasteiger partial charge in [0, 0.05) is 17.1 Å². The Kier molecular flexibility index (Phi) is 6.02. The third-order valence-corrected chi connectivity index (χ3v) is 4.76. The van der Waals surface area contributed by atoms with Crippen molar-refractivity contribution in [1.29, 1.82) is 0 Å². The Morgan fingerprint density at radius 2 is 1.75 bits per heavy atom. The van der Waals surface area contributed by atoms with Crippen molar-refractivity contribution in [3.8, 4) is 5.75 Å². The Bertz CT molecular complexity index is 905. The maximum atomic E-state index is 12.7. The number of aliphatic hydroxyl groups excluding tert-OH is 2. The number of Topliss-reactive ketones (excluding diaryl/α,β-unsaturated/α-hetero) is 1. The molecule has 6 nitrogen and oxygen atoms in total. The van der Waals surface area contributed by atoms with Crippen LogP contribution in [0.2, 0.25) is 5.02 Å². The first kappa shape index (κ1) is 19.9. The summed E-state index contributed by atoms with van der Waals surface area (Å²) in [5.74, 6) is -1.18. The summed E-state index contributed by atoms with van der Waals surface area (Å²) in [6, 6.07) is 12.5. The van der Waals surface area contributed by atoms with Gasteiger partial charge in [0.2, 0.25) is 0 Å². The molecule has 0 aromatic heterocycles. The van der Waals surface area contributed by atoms with Crippen LogP contribution in [0, 0.1) is 0 Å². The van der Waals surface area contributed by atoms with Crippen LogP contribution in [-0.4, -0.2) is 46.6 Å². The fourth-order valence-corrected chi connectivity index (χ4v) is 3.37. The molecule has 1 heterocycles. The summed E-state index contributed by atoms with van der Waals surface area (Å²) in [5.41, 5.74) is 0.985. The highest BCUT2D eigenvalue weighted by Crippen LogP contribution is 2.39. The summed E-state index contributed by atoms with van der Waals surface area (Å²) in [4.78, 5) is 26.5. The van der Waals surface area contributed by atoms with Gasteiger partial charge in [-0.3, -0.25) is 9.59 Å². The highest BCUT2D eigenvalue weighted by molar-refractivity contribution is 6.46. The van der Waals surface area contributed by atoms with Gasteiger partial charge in [-0.15, -0.1) is 0 Å². The van der Waals surface area contributed by atoms with Crippen molar-refractivity contribution in [2.75, 3.05) is 19.8 Å². The number of aliphatic hydroxyl groups is 2. The summed E-state index contributed by atoms with van der Waals surface area (Å²) in [6.07, 6.45) is 0. The molecule has 0 radical (unpaired) electrons. The van der Waals surface area contributed by atoms with Crippen molar-refractivity contribution in [2.24, 2.45) is 0 Å². The lowest BCUT2D eigenvalue weighted by molar-refractivity contribution is -0.140. The highest BCUT2D eigenvalue weighted by atomic mass is 35.5. The monoisotopic (exact) mass is 401 g/mol. The first-order valence-electron chi connectivity index (χ1n) is 8.86. The average Bonchev–Trinajstić information content (AvgIpc) is 2.94. The van der Waals surface area contributed by atoms with Crippen molar-refractivity contribution < 1.29 is 24.5 Å². The SMILES string of the molecule is CCOc1ccc(C2/C(=C(\O)c3ccc(Cl)cc3)C(=O)C(=O)N2CCO)cc1. The number of ketones is 1. The number of ether oxygens (including phenoxy) is 1. The van der Waals surface area contributed by atoms with Crippen LogP contribution >= 0.6 is 11.6 Å². The molecule has 146 valence electrons. The van der Waals surface area contributed by atoms with Crippen LogP contribution in [0.15, 0.2) is 54.1 Å². The number of carbonyl (C=O) groups excluding carboxylic acids is 2. The van der Waals surface area contributed by atoms with Gasteiger partial charge in [0.1, 0.15) is 11.5 Å². The second kappa shape index (κ2) is 8.46. The topological polar surface area (TPSA) is 87.1 Å². The van der Waals surface area contributed by atoms with Crippen LogP contribution in [0.5, 0.6) is 5.75 Å². The van der Waals surface area contributed by atoms with Gasteiger partial charge in [-0.25, -0.2) is 0 Å². The van der Waals surface area contributed by atoms with E-state index in [-0.39, 0.29) is 24.5 Å². The van der Waals surface area contributed by atoms with E-state index in [2.05, 4.69) is 0 Å². The largest absolute Gasteiger partial charge is 0.507 e. The van der Waals surface area contributed by atoms with Crippen molar-refractivity contribution in [3.63, 3.8) is 0 Å². The highest BCUT2D eigenvalue weighted by Gasteiger charge is 2.45. The predicted molar refractivity (Wildman–Crippen MR) is 105 cm³/mol. The molecule has 1 unspecified atom stereocenters. The molecule has 2 aromatic rings. The molecule has 1 aliphatic heterocycles. The summed E-state index contributed by atoms with van der Waals surface area (Å²) < 4.78 is 5.43. The van der Waals surface area contributed by atoms with Gasteiger partial charge in [0.15, 0.2) is 0 Å². The molecule has 2 aromatic carbocycles. The average molecular weight is 402 g/mol. The lowest BCUT2D eigenvalue weighted by Crippen LogP contribution is -2.32. The van der Waals surface area contributed by atoms with Crippen LogP contribution < -0.4 is 4.74 Å². The fourth-order valence-electron chi connectivity index (χ4n) is 3.24. The second-order valence-corrected chi connectivity index (χ2v) is 6.66. The molecule has 1 saturated heterocycles. The molecular formula is C21H20ClNO5. The number of nitrogens with zero attached hydrogens (tertiary/aromatic N) is 1. The lowest BCUT2D eigenvalue weighted by atomic mass is 9.95. The fraction of sp³-hybridized carbons (Fsp3) is 0.238. The molecule has 0 spiro atoms. The van der Waals surface area contributed by atoms with Gasteiger partial charge < -0.3 is 19.8 Å². The van der Waals surface area contributed by atoms with Crippen LogP contribution in [-0.2, 0) is 9.59 Å². The van der Waals surface area contributed by atoms with Crippen molar-refractivity contribution in [3.05, 3.63) is 70.3 Å². The molecule has 1 fully saturated rings. The van der Waals surface area contributed by atoms with Crippen LogP contribution in [0.3, 0.4) is 0 Å². The minimum Gasteiger partial charge on any atom is -0.507 e. The zero-order valence-corrected chi connectivity index (χ0v) is 16.0. The van der Waals surface area contributed by atoms with E-state index in [0.717, 1.165) is 0 Å². The molecule has 28 heavy (non-hydrogen) atoms. The third-order valence-electron chi connectivity index (χ3n) is 4.51. The van der Waals surface area contributed by atoms with E-state index in [0.29, 0.717) is 28.5 Å². The number of hydrogen-bond donors (Lipinski definition) is 2. The van der Waals surface area contributed by atoms with Crippen LogP contribution in [0.4, 0.5) is 0 Å². The molecule has 0 bridgehead atoms. The Hall–Kier alpha value is -2.83. The van der Waals surface area contributed by atoms with E-state index in [9.17, 15) is 19.8 Å². The van der Waals surface area contributed by atoms with Crippen LogP contribution in [0.25, 0.3) is 5.76 Å². The Morgan fingerprint density at radius 3 is 2.32 bits per heavy atom. The van der Waals surface area contributed by atoms with Gasteiger partial charge in [-0.2, -0.15) is 0 Å². The molecule has 1 amide bonds. The van der Waals surface area contributed by atoms with E-state index in [1.54, 1.807) is 48.5 Å². The van der Waals surface area contributed by atoms with E-state index in [1.165, 1.54) is 4.90 Å². The smallest absolute Gasteiger partial charge is 0.295 e. The number of benzene rings is 2. The maximum Gasteiger partial charge on any atom is 0.295 e. The van der Waals surface area contributed by atoms with E-state index in [1.807, 2.05) is 6.92 Å². The van der Waals surface area contributed by atoms with Gasteiger partial charge in [-0.1, -0.05) is 23.7 Å². The molecular weight excluding hydrogens is 382 g/mol. The Labute approximate surface area is 167 Å². The predicted octanol–water partition coefficient (Wildman–Crippen LogP) is 3.15. The molecule has 7 heteroatoms. The number of likely N-dealkylation sites (tertiary alicyclic amines) is 1. The molecule has 2 N–H and O–H groups in total. The van der Waals surface area contributed by atoms with Gasteiger partial charge >= 0.3 is 0 Å². The van der Waals surface area contributed by atoms with E-state index < -0.39 is 17.7 Å². The summed E-state index contributed by atoms with van der Waals surface area (Å²) >= 11 is 5.89. The van der Waals surface area contributed by atoms with Gasteiger partial charge in [0.05, 0.1) is 24.8 Å². The molecule has 1 aliphatic rings. The number of amides is 1. The quantitative estimate of drug-likeness (QED) is 0.441. The van der Waals surface area contributed by atoms with Crippen molar-refractivity contribution >= 4 is 29.1 Å². The number of halogens is 1. The van der Waals surface area contributed by atoms with E-state index in [4.69, 9.17) is 16.3 Å². The van der Waals surface area contributed by atoms with Gasteiger partial charge in [-0.05, 0) is 48.9 Å². The Balaban J connectivity index is 2.11. The zero-order valence-electron chi connectivity index (χ0n) is 15.3. The van der Waals surface area contributed by atoms with Crippen molar-refractivity contribution in [1.82, 2.24) is 4.90 Å². The van der Waals surface area contributed by atoms with Crippen LogP contribution in [0.1, 0.15) is 24.1 Å². The maximum absolute atomic E-state index is 12.7. The summed E-state index contributed by atoms with van der Waals surface area (Å²) in [6.45, 7) is 2.05. The molecule has 1 atom stereocenters. The molecule has 0 saturated carbocycles. The first-order chi connectivity index (χ1) is 13.5.